The summed E-state index contributed by atoms with van der Waals surface area (Å²) in [6.45, 7) is 7.67. The highest BCUT2D eigenvalue weighted by Gasteiger charge is 2.23. The van der Waals surface area contributed by atoms with Crippen LogP contribution >= 0.6 is 11.3 Å². The van der Waals surface area contributed by atoms with Crippen LogP contribution in [-0.2, 0) is 4.74 Å². The fourth-order valence-electron chi connectivity index (χ4n) is 3.37. The van der Waals surface area contributed by atoms with E-state index in [0.717, 1.165) is 50.8 Å². The van der Waals surface area contributed by atoms with Crippen LogP contribution in [0, 0.1) is 5.92 Å². The molecule has 0 N–H and O–H groups in total. The van der Waals surface area contributed by atoms with Crippen molar-refractivity contribution in [3.8, 4) is 0 Å². The smallest absolute Gasteiger partial charge is 0.0830 e. The predicted molar refractivity (Wildman–Crippen MR) is 87.2 cm³/mol. The third kappa shape index (κ3) is 2.78. The summed E-state index contributed by atoms with van der Waals surface area (Å²) in [7, 11) is 0. The molecule has 4 heterocycles. The standard InChI is InChI=1S/C16H21N3OS/c1-4-17-14-3-10-21-16(14)15(1)19-7-5-18(6-8-19)11-13-2-9-20-12-13/h1,3-4,10,13H,2,5-9,11-12H2. The summed E-state index contributed by atoms with van der Waals surface area (Å²) in [6, 6.07) is 4.28. The van der Waals surface area contributed by atoms with E-state index in [4.69, 9.17) is 4.74 Å². The van der Waals surface area contributed by atoms with E-state index in [2.05, 4.69) is 32.3 Å². The van der Waals surface area contributed by atoms with Crippen molar-refractivity contribution in [2.45, 2.75) is 6.42 Å². The molecule has 0 aliphatic carbocycles. The molecule has 21 heavy (non-hydrogen) atoms. The van der Waals surface area contributed by atoms with Crippen molar-refractivity contribution in [3.63, 3.8) is 0 Å². The first kappa shape index (κ1) is 13.5. The quantitative estimate of drug-likeness (QED) is 0.871. The first-order valence-electron chi connectivity index (χ1n) is 7.77. The molecule has 2 aromatic heterocycles. The van der Waals surface area contributed by atoms with Crippen molar-refractivity contribution < 1.29 is 4.74 Å². The lowest BCUT2D eigenvalue weighted by molar-refractivity contribution is 0.164. The Hall–Kier alpha value is -1.17. The summed E-state index contributed by atoms with van der Waals surface area (Å²) in [5.74, 6) is 0.751. The molecule has 1 unspecified atom stereocenters. The number of thiophene rings is 1. The van der Waals surface area contributed by atoms with E-state index in [9.17, 15) is 0 Å². The zero-order valence-corrected chi connectivity index (χ0v) is 13.0. The Morgan fingerprint density at radius 3 is 2.95 bits per heavy atom. The van der Waals surface area contributed by atoms with Gasteiger partial charge in [-0.25, -0.2) is 0 Å². The summed E-state index contributed by atoms with van der Waals surface area (Å²) in [5, 5.41) is 2.14. The Labute approximate surface area is 129 Å². The molecule has 5 heteroatoms. The molecule has 0 spiro atoms. The Bertz CT molecular complexity index is 600. The molecule has 2 fully saturated rings. The van der Waals surface area contributed by atoms with E-state index in [1.807, 2.05) is 6.20 Å². The van der Waals surface area contributed by atoms with Gasteiger partial charge in [-0.05, 0) is 29.9 Å². The first-order valence-corrected chi connectivity index (χ1v) is 8.65. The van der Waals surface area contributed by atoms with Gasteiger partial charge in [-0.3, -0.25) is 9.88 Å². The number of pyridine rings is 1. The third-order valence-electron chi connectivity index (χ3n) is 4.58. The summed E-state index contributed by atoms with van der Waals surface area (Å²) >= 11 is 1.80. The molecule has 1 atom stereocenters. The maximum atomic E-state index is 5.49. The molecule has 2 aliphatic heterocycles. The minimum atomic E-state index is 0.751. The van der Waals surface area contributed by atoms with E-state index >= 15 is 0 Å². The van der Waals surface area contributed by atoms with E-state index in [1.54, 1.807) is 11.3 Å². The Balaban J connectivity index is 1.41. The van der Waals surface area contributed by atoms with Crippen LogP contribution in [0.2, 0.25) is 0 Å². The maximum Gasteiger partial charge on any atom is 0.0830 e. The number of nitrogens with zero attached hydrogens (tertiary/aromatic N) is 3. The number of fused-ring (bicyclic) bond motifs is 1. The Morgan fingerprint density at radius 2 is 2.14 bits per heavy atom. The number of anilines is 1. The second kappa shape index (κ2) is 5.91. The van der Waals surface area contributed by atoms with Crippen LogP contribution in [0.5, 0.6) is 0 Å². The van der Waals surface area contributed by atoms with Crippen LogP contribution in [-0.4, -0.2) is 55.8 Å². The van der Waals surface area contributed by atoms with Gasteiger partial charge in [-0.15, -0.1) is 11.3 Å². The van der Waals surface area contributed by atoms with Gasteiger partial charge in [0.05, 0.1) is 22.5 Å². The van der Waals surface area contributed by atoms with Crippen molar-refractivity contribution >= 4 is 27.2 Å². The Kier molecular flexibility index (Phi) is 3.80. The highest BCUT2D eigenvalue weighted by molar-refractivity contribution is 7.17. The van der Waals surface area contributed by atoms with Gasteiger partial charge in [0.15, 0.2) is 0 Å². The number of hydrogen-bond acceptors (Lipinski definition) is 5. The molecule has 0 bridgehead atoms. The molecule has 0 radical (unpaired) electrons. The minimum absolute atomic E-state index is 0.751. The van der Waals surface area contributed by atoms with Crippen LogP contribution in [0.15, 0.2) is 23.7 Å². The normalized spacial score (nSPS) is 24.0. The van der Waals surface area contributed by atoms with Gasteiger partial charge in [0.25, 0.3) is 0 Å². The number of rotatable bonds is 3. The van der Waals surface area contributed by atoms with E-state index < -0.39 is 0 Å². The van der Waals surface area contributed by atoms with Gasteiger partial charge in [-0.2, -0.15) is 0 Å². The van der Waals surface area contributed by atoms with Crippen molar-refractivity contribution in [2.24, 2.45) is 5.92 Å². The van der Waals surface area contributed by atoms with Crippen molar-refractivity contribution in [1.29, 1.82) is 0 Å². The fourth-order valence-corrected chi connectivity index (χ4v) is 4.26. The first-order chi connectivity index (χ1) is 10.4. The molecule has 2 aromatic rings. The van der Waals surface area contributed by atoms with E-state index in [1.165, 1.54) is 23.4 Å². The van der Waals surface area contributed by atoms with E-state index in [-0.39, 0.29) is 0 Å². The number of piperazine rings is 1. The largest absolute Gasteiger partial charge is 0.381 e. The van der Waals surface area contributed by atoms with Gasteiger partial charge in [0, 0.05) is 45.5 Å². The molecule has 4 nitrogen and oxygen atoms in total. The zero-order chi connectivity index (χ0) is 14.1. The highest BCUT2D eigenvalue weighted by Crippen LogP contribution is 2.30. The van der Waals surface area contributed by atoms with Crippen molar-refractivity contribution in [2.75, 3.05) is 50.8 Å². The van der Waals surface area contributed by atoms with Crippen LogP contribution in [0.4, 0.5) is 5.69 Å². The number of aromatic nitrogens is 1. The van der Waals surface area contributed by atoms with Gasteiger partial charge in [0.2, 0.25) is 0 Å². The van der Waals surface area contributed by atoms with Crippen LogP contribution in [0.25, 0.3) is 10.2 Å². The average Bonchev–Trinajstić information content (AvgIpc) is 3.18. The molecule has 2 saturated heterocycles. The molecule has 0 saturated carbocycles. The van der Waals surface area contributed by atoms with Crippen LogP contribution in [0.3, 0.4) is 0 Å². The summed E-state index contributed by atoms with van der Waals surface area (Å²) < 4.78 is 6.81. The molecule has 0 amide bonds. The van der Waals surface area contributed by atoms with Crippen LogP contribution < -0.4 is 4.90 Å². The second-order valence-corrected chi connectivity index (χ2v) is 6.90. The lowest BCUT2D eigenvalue weighted by atomic mass is 10.1. The van der Waals surface area contributed by atoms with Gasteiger partial charge < -0.3 is 9.64 Å². The molecule has 0 aromatic carbocycles. The van der Waals surface area contributed by atoms with Crippen molar-refractivity contribution in [3.05, 3.63) is 23.7 Å². The summed E-state index contributed by atoms with van der Waals surface area (Å²) in [6.07, 6.45) is 3.17. The Morgan fingerprint density at radius 1 is 1.24 bits per heavy atom. The third-order valence-corrected chi connectivity index (χ3v) is 5.50. The van der Waals surface area contributed by atoms with Crippen LogP contribution in [0.1, 0.15) is 6.42 Å². The molecule has 4 rings (SSSR count). The zero-order valence-electron chi connectivity index (χ0n) is 12.2. The summed E-state index contributed by atoms with van der Waals surface area (Å²) in [5.41, 5.74) is 2.49. The second-order valence-electron chi connectivity index (χ2n) is 5.98. The SMILES string of the molecule is c1cc(N2CCN(CC3CCOC3)CC2)c2sccc2n1. The number of ether oxygens (including phenoxy) is 1. The van der Waals surface area contributed by atoms with E-state index in [0.29, 0.717) is 0 Å². The molecule has 2 aliphatic rings. The van der Waals surface area contributed by atoms with Gasteiger partial charge >= 0.3 is 0 Å². The minimum Gasteiger partial charge on any atom is -0.381 e. The molecular weight excluding hydrogens is 282 g/mol. The highest BCUT2D eigenvalue weighted by atomic mass is 32.1. The lowest BCUT2D eigenvalue weighted by Gasteiger charge is -2.37. The fraction of sp³-hybridized carbons (Fsp3) is 0.562. The topological polar surface area (TPSA) is 28.6 Å². The maximum absolute atomic E-state index is 5.49. The predicted octanol–water partition coefficient (Wildman–Crippen LogP) is 2.45. The van der Waals surface area contributed by atoms with Gasteiger partial charge in [0.1, 0.15) is 0 Å². The van der Waals surface area contributed by atoms with Crippen molar-refractivity contribution in [1.82, 2.24) is 9.88 Å². The summed E-state index contributed by atoms with van der Waals surface area (Å²) in [4.78, 5) is 9.56. The van der Waals surface area contributed by atoms with Gasteiger partial charge in [-0.1, -0.05) is 0 Å². The molecule has 112 valence electrons. The lowest BCUT2D eigenvalue weighted by Crippen LogP contribution is -2.47. The molecular formula is C16H21N3OS. The monoisotopic (exact) mass is 303 g/mol. The number of hydrogen-bond donors (Lipinski definition) is 0. The average molecular weight is 303 g/mol.